The van der Waals surface area contributed by atoms with E-state index in [2.05, 4.69) is 25.7 Å². The number of carbonyl (C=O) groups is 2. The molecule has 3 heterocycles. The van der Waals surface area contributed by atoms with Crippen molar-refractivity contribution in [2.24, 2.45) is 13.0 Å². The Bertz CT molecular complexity index is 1370. The van der Waals surface area contributed by atoms with Crippen LogP contribution in [0.25, 0.3) is 11.3 Å². The van der Waals surface area contributed by atoms with Crippen molar-refractivity contribution in [3.05, 3.63) is 36.2 Å². The fourth-order valence-electron chi connectivity index (χ4n) is 4.20. The van der Waals surface area contributed by atoms with Gasteiger partial charge in [0.2, 0.25) is 5.91 Å². The number of pyridine rings is 2. The lowest BCUT2D eigenvalue weighted by atomic mass is 10.1. The van der Waals surface area contributed by atoms with E-state index >= 15 is 0 Å². The standard InChI is InChI=1S/C26H33N6O4P/c1-6-21(33)18-15-28-22(30-26(34)16-9-10-16)13-19(18)29-25-24(36-5)17(11-12-27-25)20-14-23(32(4)31-20)37(35,7-2)8-3/h11-16H,6-10H2,1-5H3,(H2,27,28,29,30,34). The summed E-state index contributed by atoms with van der Waals surface area (Å²) < 4.78 is 20.8. The second-order valence-electron chi connectivity index (χ2n) is 9.05. The smallest absolute Gasteiger partial charge is 0.228 e. The van der Waals surface area contributed by atoms with Gasteiger partial charge >= 0.3 is 0 Å². The third kappa shape index (κ3) is 5.44. The molecule has 10 nitrogen and oxygen atoms in total. The number of carbonyl (C=O) groups excluding carboxylic acids is 2. The third-order valence-corrected chi connectivity index (χ3v) is 9.95. The second-order valence-corrected chi connectivity index (χ2v) is 12.6. The Labute approximate surface area is 216 Å². The zero-order chi connectivity index (χ0) is 26.7. The van der Waals surface area contributed by atoms with Crippen molar-refractivity contribution >= 4 is 41.6 Å². The number of amides is 1. The third-order valence-electron chi connectivity index (χ3n) is 6.66. The molecule has 11 heteroatoms. The lowest BCUT2D eigenvalue weighted by Crippen LogP contribution is -2.17. The van der Waals surface area contributed by atoms with Gasteiger partial charge in [0.05, 0.1) is 29.5 Å². The molecule has 3 aromatic rings. The number of hydrogen-bond donors (Lipinski definition) is 2. The van der Waals surface area contributed by atoms with E-state index in [-0.39, 0.29) is 17.6 Å². The molecule has 4 rings (SSSR count). The zero-order valence-electron chi connectivity index (χ0n) is 21.9. The Morgan fingerprint density at radius 3 is 2.51 bits per heavy atom. The maximum atomic E-state index is 13.4. The highest BCUT2D eigenvalue weighted by molar-refractivity contribution is 7.71. The molecule has 196 valence electrons. The van der Waals surface area contributed by atoms with Gasteiger partial charge in [0.1, 0.15) is 13.0 Å². The Hall–Kier alpha value is -3.52. The summed E-state index contributed by atoms with van der Waals surface area (Å²) >= 11 is 0. The fraction of sp³-hybridized carbons (Fsp3) is 0.423. The molecule has 0 spiro atoms. The van der Waals surface area contributed by atoms with Crippen LogP contribution in [0.15, 0.2) is 30.6 Å². The van der Waals surface area contributed by atoms with Gasteiger partial charge in [-0.15, -0.1) is 0 Å². The van der Waals surface area contributed by atoms with E-state index in [9.17, 15) is 14.2 Å². The van der Waals surface area contributed by atoms with E-state index in [0.29, 0.717) is 64.1 Å². The molecule has 1 amide bonds. The highest BCUT2D eigenvalue weighted by atomic mass is 31.2. The quantitative estimate of drug-likeness (QED) is 0.275. The van der Waals surface area contributed by atoms with Gasteiger partial charge in [-0.1, -0.05) is 20.8 Å². The Balaban J connectivity index is 1.74. The first-order valence-corrected chi connectivity index (χ1v) is 14.6. The number of nitrogens with one attached hydrogen (secondary N) is 2. The van der Waals surface area contributed by atoms with E-state index in [1.165, 1.54) is 13.3 Å². The van der Waals surface area contributed by atoms with Crippen molar-refractivity contribution in [1.29, 1.82) is 0 Å². The summed E-state index contributed by atoms with van der Waals surface area (Å²) in [6, 6.07) is 5.26. The van der Waals surface area contributed by atoms with Crippen molar-refractivity contribution < 1.29 is 18.9 Å². The predicted octanol–water partition coefficient (Wildman–Crippen LogP) is 4.60. The average Bonchev–Trinajstić information content (AvgIpc) is 3.69. The molecular formula is C26H33N6O4P. The van der Waals surface area contributed by atoms with Crippen molar-refractivity contribution in [3.8, 4) is 17.0 Å². The SMILES string of the molecule is CCC(=O)c1cnc(NC(=O)C2CC2)cc1Nc1nccc(-c2cc(P(=O)(CC)CC)n(C)n2)c1OC. The first kappa shape index (κ1) is 26.5. The maximum absolute atomic E-state index is 13.4. The number of aryl methyl sites for hydroxylation is 1. The van der Waals surface area contributed by atoms with Gasteiger partial charge in [-0.3, -0.25) is 14.3 Å². The van der Waals surface area contributed by atoms with Crippen LogP contribution in [0.1, 0.15) is 50.4 Å². The van der Waals surface area contributed by atoms with Gasteiger partial charge in [0, 0.05) is 55.7 Å². The number of methoxy groups -OCH3 is 1. The molecule has 2 N–H and O–H groups in total. The number of nitrogens with zero attached hydrogens (tertiary/aromatic N) is 4. The van der Waals surface area contributed by atoms with Crippen LogP contribution in [0.3, 0.4) is 0 Å². The Morgan fingerprint density at radius 2 is 1.89 bits per heavy atom. The minimum atomic E-state index is -2.55. The average molecular weight is 525 g/mol. The molecule has 0 bridgehead atoms. The highest BCUT2D eigenvalue weighted by Gasteiger charge is 2.30. The molecule has 37 heavy (non-hydrogen) atoms. The first-order chi connectivity index (χ1) is 17.7. The van der Waals surface area contributed by atoms with Gasteiger partial charge in [-0.2, -0.15) is 5.10 Å². The molecule has 1 fully saturated rings. The number of aromatic nitrogens is 4. The number of ether oxygens (including phenoxy) is 1. The number of Topliss-reactive ketones (excluding diaryl/α,β-unsaturated/α-hetero) is 1. The Kier molecular flexibility index (Phi) is 7.78. The summed E-state index contributed by atoms with van der Waals surface area (Å²) in [6.45, 7) is 5.63. The van der Waals surface area contributed by atoms with Gasteiger partial charge in [0.15, 0.2) is 17.4 Å². The van der Waals surface area contributed by atoms with E-state index in [1.54, 1.807) is 37.0 Å². The van der Waals surface area contributed by atoms with Crippen LogP contribution >= 0.6 is 7.14 Å². The number of ketones is 1. The first-order valence-electron chi connectivity index (χ1n) is 12.5. The van der Waals surface area contributed by atoms with Crippen LogP contribution in [-0.2, 0) is 16.4 Å². The van der Waals surface area contributed by atoms with Gasteiger partial charge < -0.3 is 19.9 Å². The van der Waals surface area contributed by atoms with Gasteiger partial charge in [0.25, 0.3) is 0 Å². The molecule has 0 radical (unpaired) electrons. The topological polar surface area (TPSA) is 128 Å². The van der Waals surface area contributed by atoms with E-state index < -0.39 is 7.14 Å². The molecule has 1 saturated carbocycles. The number of anilines is 3. The number of hydrogen-bond acceptors (Lipinski definition) is 8. The molecule has 1 aliphatic rings. The molecule has 0 saturated heterocycles. The molecule has 0 unspecified atom stereocenters. The van der Waals surface area contributed by atoms with Crippen LogP contribution in [0.5, 0.6) is 5.75 Å². The summed E-state index contributed by atoms with van der Waals surface area (Å²) in [5.74, 6) is 0.990. The molecule has 1 aliphatic carbocycles. The molecule has 0 aliphatic heterocycles. The monoisotopic (exact) mass is 524 g/mol. The van der Waals surface area contributed by atoms with E-state index in [1.807, 2.05) is 19.9 Å². The fourth-order valence-corrected chi connectivity index (χ4v) is 6.23. The van der Waals surface area contributed by atoms with Crippen molar-refractivity contribution in [2.75, 3.05) is 30.1 Å². The summed E-state index contributed by atoms with van der Waals surface area (Å²) in [7, 11) is 0.772. The summed E-state index contributed by atoms with van der Waals surface area (Å²) in [5.41, 5.74) is 2.83. The highest BCUT2D eigenvalue weighted by Crippen LogP contribution is 2.45. The Morgan fingerprint density at radius 1 is 1.16 bits per heavy atom. The van der Waals surface area contributed by atoms with E-state index in [0.717, 1.165) is 12.8 Å². The van der Waals surface area contributed by atoms with Crippen LogP contribution in [0.4, 0.5) is 17.3 Å². The summed E-state index contributed by atoms with van der Waals surface area (Å²) in [4.78, 5) is 33.6. The van der Waals surface area contributed by atoms with E-state index in [4.69, 9.17) is 4.74 Å². The van der Waals surface area contributed by atoms with Crippen molar-refractivity contribution in [2.45, 2.75) is 40.0 Å². The molecular weight excluding hydrogens is 491 g/mol. The minimum Gasteiger partial charge on any atom is -0.492 e. The largest absolute Gasteiger partial charge is 0.492 e. The van der Waals surface area contributed by atoms with Crippen LogP contribution < -0.4 is 20.8 Å². The lowest BCUT2D eigenvalue weighted by molar-refractivity contribution is -0.117. The predicted molar refractivity (Wildman–Crippen MR) is 145 cm³/mol. The second kappa shape index (κ2) is 10.8. The summed E-state index contributed by atoms with van der Waals surface area (Å²) in [5, 5.41) is 10.7. The van der Waals surface area contributed by atoms with Crippen LogP contribution in [0, 0.1) is 5.92 Å². The van der Waals surface area contributed by atoms with Crippen LogP contribution in [-0.4, -0.2) is 50.9 Å². The zero-order valence-corrected chi connectivity index (χ0v) is 22.8. The summed E-state index contributed by atoms with van der Waals surface area (Å²) in [6.07, 6.45) is 6.23. The lowest BCUT2D eigenvalue weighted by Gasteiger charge is -2.16. The molecule has 3 aromatic heterocycles. The normalized spacial score (nSPS) is 13.3. The molecule has 0 atom stereocenters. The van der Waals surface area contributed by atoms with Crippen molar-refractivity contribution in [1.82, 2.24) is 19.7 Å². The van der Waals surface area contributed by atoms with Crippen LogP contribution in [0.2, 0.25) is 0 Å². The minimum absolute atomic E-state index is 0.0209. The number of rotatable bonds is 11. The van der Waals surface area contributed by atoms with Crippen molar-refractivity contribution in [3.63, 3.8) is 0 Å². The van der Waals surface area contributed by atoms with Gasteiger partial charge in [-0.25, -0.2) is 9.97 Å². The molecule has 0 aromatic carbocycles. The maximum Gasteiger partial charge on any atom is 0.228 e. The van der Waals surface area contributed by atoms with Gasteiger partial charge in [-0.05, 0) is 25.0 Å².